The van der Waals surface area contributed by atoms with Gasteiger partial charge in [-0.1, -0.05) is 27.7 Å². The van der Waals surface area contributed by atoms with Gasteiger partial charge in [0.05, 0.1) is 0 Å². The Hall–Kier alpha value is -0.440. The van der Waals surface area contributed by atoms with E-state index in [0.717, 1.165) is 18.3 Å². The highest BCUT2D eigenvalue weighted by molar-refractivity contribution is 4.90. The second-order valence-corrected chi connectivity index (χ2v) is 3.52. The van der Waals surface area contributed by atoms with Crippen molar-refractivity contribution >= 4 is 0 Å². The van der Waals surface area contributed by atoms with Crippen molar-refractivity contribution in [3.05, 3.63) is 0 Å². The van der Waals surface area contributed by atoms with Crippen molar-refractivity contribution in [2.45, 2.75) is 34.1 Å². The second kappa shape index (κ2) is 4.39. The van der Waals surface area contributed by atoms with E-state index in [2.05, 4.69) is 33.6 Å². The third-order valence-corrected chi connectivity index (χ3v) is 2.15. The lowest BCUT2D eigenvalue weighted by Crippen LogP contribution is -2.07. The standard InChI is InChI=1S/C10H18/c1-6-9(4)7-10(5)8(2)3/h1,8-10H,7H2,2-5H3. The fourth-order valence-corrected chi connectivity index (χ4v) is 0.898. The first kappa shape index (κ1) is 9.56. The Morgan fingerprint density at radius 1 is 1.20 bits per heavy atom. The highest BCUT2D eigenvalue weighted by Crippen LogP contribution is 2.18. The lowest BCUT2D eigenvalue weighted by molar-refractivity contribution is 0.363. The second-order valence-electron chi connectivity index (χ2n) is 3.52. The number of hydrogen-bond donors (Lipinski definition) is 0. The molecule has 10 heavy (non-hydrogen) atoms. The van der Waals surface area contributed by atoms with Crippen molar-refractivity contribution in [3.8, 4) is 12.3 Å². The molecule has 0 aliphatic rings. The maximum Gasteiger partial charge on any atom is 0.0174 e. The quantitative estimate of drug-likeness (QED) is 0.526. The third kappa shape index (κ3) is 3.56. The van der Waals surface area contributed by atoms with E-state index in [9.17, 15) is 0 Å². The largest absolute Gasteiger partial charge is 0.120 e. The van der Waals surface area contributed by atoms with E-state index < -0.39 is 0 Å². The van der Waals surface area contributed by atoms with Crippen LogP contribution in [0.2, 0.25) is 0 Å². The van der Waals surface area contributed by atoms with Crippen LogP contribution in [-0.2, 0) is 0 Å². The van der Waals surface area contributed by atoms with Gasteiger partial charge in [0.15, 0.2) is 0 Å². The SMILES string of the molecule is C#CC(C)CC(C)C(C)C. The highest BCUT2D eigenvalue weighted by Gasteiger charge is 2.09. The molecular weight excluding hydrogens is 120 g/mol. The van der Waals surface area contributed by atoms with Crippen LogP contribution in [-0.4, -0.2) is 0 Å². The summed E-state index contributed by atoms with van der Waals surface area (Å²) >= 11 is 0. The summed E-state index contributed by atoms with van der Waals surface area (Å²) < 4.78 is 0. The van der Waals surface area contributed by atoms with Crippen LogP contribution in [0.3, 0.4) is 0 Å². The van der Waals surface area contributed by atoms with Crippen LogP contribution >= 0.6 is 0 Å². The molecule has 0 N–H and O–H groups in total. The Kier molecular flexibility index (Phi) is 4.19. The van der Waals surface area contributed by atoms with Gasteiger partial charge < -0.3 is 0 Å². The molecule has 0 amide bonds. The molecule has 2 atom stereocenters. The van der Waals surface area contributed by atoms with Gasteiger partial charge in [0.2, 0.25) is 0 Å². The summed E-state index contributed by atoms with van der Waals surface area (Å²) in [6.07, 6.45) is 6.43. The normalized spacial score (nSPS) is 16.4. The molecule has 0 aliphatic carbocycles. The fraction of sp³-hybridized carbons (Fsp3) is 0.800. The van der Waals surface area contributed by atoms with E-state index in [1.165, 1.54) is 0 Å². The zero-order valence-electron chi connectivity index (χ0n) is 7.52. The smallest absolute Gasteiger partial charge is 0.0174 e. The monoisotopic (exact) mass is 138 g/mol. The average molecular weight is 138 g/mol. The fourth-order valence-electron chi connectivity index (χ4n) is 0.898. The van der Waals surface area contributed by atoms with E-state index in [1.54, 1.807) is 0 Å². The Balaban J connectivity index is 3.59. The molecule has 0 fully saturated rings. The number of terminal acetylenes is 1. The lowest BCUT2D eigenvalue weighted by atomic mass is 9.89. The third-order valence-electron chi connectivity index (χ3n) is 2.15. The van der Waals surface area contributed by atoms with Gasteiger partial charge >= 0.3 is 0 Å². The molecule has 0 aromatic heterocycles. The molecule has 0 aromatic rings. The Bertz CT molecular complexity index is 116. The molecule has 0 rings (SSSR count). The van der Waals surface area contributed by atoms with E-state index in [0.29, 0.717) is 5.92 Å². The van der Waals surface area contributed by atoms with Crippen molar-refractivity contribution < 1.29 is 0 Å². The van der Waals surface area contributed by atoms with Gasteiger partial charge in [0, 0.05) is 5.92 Å². The molecule has 0 spiro atoms. The van der Waals surface area contributed by atoms with Gasteiger partial charge in [0.25, 0.3) is 0 Å². The Morgan fingerprint density at radius 2 is 1.70 bits per heavy atom. The molecule has 0 nitrogen and oxygen atoms in total. The zero-order valence-corrected chi connectivity index (χ0v) is 7.52. The molecular formula is C10H18. The lowest BCUT2D eigenvalue weighted by Gasteiger charge is -2.16. The van der Waals surface area contributed by atoms with E-state index in [-0.39, 0.29) is 0 Å². The van der Waals surface area contributed by atoms with Gasteiger partial charge in [-0.15, -0.1) is 12.3 Å². The molecule has 0 aromatic carbocycles. The summed E-state index contributed by atoms with van der Waals surface area (Å²) in [6, 6.07) is 0. The van der Waals surface area contributed by atoms with Gasteiger partial charge in [-0.2, -0.15) is 0 Å². The molecule has 2 unspecified atom stereocenters. The first-order valence-corrected chi connectivity index (χ1v) is 4.04. The van der Waals surface area contributed by atoms with E-state index in [4.69, 9.17) is 6.42 Å². The summed E-state index contributed by atoms with van der Waals surface area (Å²) in [7, 11) is 0. The summed E-state index contributed by atoms with van der Waals surface area (Å²) in [6.45, 7) is 8.86. The summed E-state index contributed by atoms with van der Waals surface area (Å²) in [5, 5.41) is 0. The average Bonchev–Trinajstić information content (AvgIpc) is 1.87. The molecule has 0 radical (unpaired) electrons. The van der Waals surface area contributed by atoms with Crippen molar-refractivity contribution in [1.82, 2.24) is 0 Å². The molecule has 0 heterocycles. The van der Waals surface area contributed by atoms with Gasteiger partial charge in [-0.3, -0.25) is 0 Å². The Labute approximate surface area is 65.0 Å². The zero-order chi connectivity index (χ0) is 8.15. The van der Waals surface area contributed by atoms with Crippen LogP contribution in [0.4, 0.5) is 0 Å². The van der Waals surface area contributed by atoms with Crippen LogP contribution in [0.15, 0.2) is 0 Å². The topological polar surface area (TPSA) is 0 Å². The molecule has 58 valence electrons. The minimum absolute atomic E-state index is 0.442. The van der Waals surface area contributed by atoms with Crippen molar-refractivity contribution in [1.29, 1.82) is 0 Å². The van der Waals surface area contributed by atoms with Crippen LogP contribution in [0.5, 0.6) is 0 Å². The highest BCUT2D eigenvalue weighted by atomic mass is 14.1. The van der Waals surface area contributed by atoms with Gasteiger partial charge in [0.1, 0.15) is 0 Å². The van der Waals surface area contributed by atoms with E-state index >= 15 is 0 Å². The molecule has 0 bridgehead atoms. The summed E-state index contributed by atoms with van der Waals surface area (Å²) in [4.78, 5) is 0. The minimum Gasteiger partial charge on any atom is -0.120 e. The predicted molar refractivity (Wildman–Crippen MR) is 46.6 cm³/mol. The predicted octanol–water partition coefficient (Wildman–Crippen LogP) is 2.94. The van der Waals surface area contributed by atoms with Crippen molar-refractivity contribution in [3.63, 3.8) is 0 Å². The summed E-state index contributed by atoms with van der Waals surface area (Å²) in [5.74, 6) is 4.71. The van der Waals surface area contributed by atoms with Crippen LogP contribution < -0.4 is 0 Å². The molecule has 0 saturated carbocycles. The van der Waals surface area contributed by atoms with Crippen LogP contribution in [0.1, 0.15) is 34.1 Å². The van der Waals surface area contributed by atoms with Gasteiger partial charge in [-0.25, -0.2) is 0 Å². The number of rotatable bonds is 3. The van der Waals surface area contributed by atoms with Crippen LogP contribution in [0, 0.1) is 30.1 Å². The molecule has 0 heteroatoms. The maximum absolute atomic E-state index is 5.27. The summed E-state index contributed by atoms with van der Waals surface area (Å²) in [5.41, 5.74) is 0. The van der Waals surface area contributed by atoms with Crippen LogP contribution in [0.25, 0.3) is 0 Å². The Morgan fingerprint density at radius 3 is 2.00 bits per heavy atom. The first-order valence-electron chi connectivity index (χ1n) is 4.04. The van der Waals surface area contributed by atoms with Gasteiger partial charge in [-0.05, 0) is 18.3 Å². The van der Waals surface area contributed by atoms with E-state index in [1.807, 2.05) is 0 Å². The minimum atomic E-state index is 0.442. The molecule has 0 saturated heterocycles. The number of hydrogen-bond acceptors (Lipinski definition) is 0. The first-order chi connectivity index (χ1) is 4.57. The van der Waals surface area contributed by atoms with Crippen molar-refractivity contribution in [2.75, 3.05) is 0 Å². The maximum atomic E-state index is 5.27. The van der Waals surface area contributed by atoms with Crippen molar-refractivity contribution in [2.24, 2.45) is 17.8 Å². The molecule has 0 aliphatic heterocycles.